The average Bonchev–Trinajstić information content (AvgIpc) is 2.80. The molecular formula is C25H22N2O4. The molecule has 0 unspecified atom stereocenters. The largest absolute Gasteiger partial charge is 0.496 e. The normalized spacial score (nSPS) is 13.6. The van der Waals surface area contributed by atoms with Gasteiger partial charge in [-0.2, -0.15) is 0 Å². The summed E-state index contributed by atoms with van der Waals surface area (Å²) >= 11 is 0. The highest BCUT2D eigenvalue weighted by molar-refractivity contribution is 5.87. The number of benzene rings is 2. The number of fused-ring (bicyclic) bond motifs is 3. The lowest BCUT2D eigenvalue weighted by Crippen LogP contribution is -2.32. The smallest absolute Gasteiger partial charge is 0.200 e. The van der Waals surface area contributed by atoms with Crippen molar-refractivity contribution >= 4 is 11.0 Å². The lowest BCUT2D eigenvalue weighted by Gasteiger charge is -2.29. The first-order valence-electron chi connectivity index (χ1n) is 10.1. The van der Waals surface area contributed by atoms with Crippen molar-refractivity contribution in [2.45, 2.75) is 20.0 Å². The molecule has 1 aliphatic heterocycles. The third-order valence-electron chi connectivity index (χ3n) is 5.57. The van der Waals surface area contributed by atoms with Crippen LogP contribution >= 0.6 is 0 Å². The summed E-state index contributed by atoms with van der Waals surface area (Å²) in [7, 11) is 1.60. The maximum absolute atomic E-state index is 13.5. The third kappa shape index (κ3) is 3.45. The van der Waals surface area contributed by atoms with E-state index in [1.165, 1.54) is 0 Å². The Labute approximate surface area is 179 Å². The van der Waals surface area contributed by atoms with E-state index in [2.05, 4.69) is 9.88 Å². The summed E-state index contributed by atoms with van der Waals surface area (Å²) < 4.78 is 17.7. The van der Waals surface area contributed by atoms with Crippen molar-refractivity contribution in [1.29, 1.82) is 0 Å². The van der Waals surface area contributed by atoms with Crippen LogP contribution in [-0.4, -0.2) is 23.7 Å². The molecule has 0 saturated heterocycles. The van der Waals surface area contributed by atoms with Crippen molar-refractivity contribution in [2.75, 3.05) is 13.8 Å². The van der Waals surface area contributed by atoms with E-state index < -0.39 is 0 Å². The molecule has 6 nitrogen and oxygen atoms in total. The van der Waals surface area contributed by atoms with Crippen molar-refractivity contribution in [3.8, 4) is 22.6 Å². The van der Waals surface area contributed by atoms with E-state index in [1.807, 2.05) is 55.5 Å². The summed E-state index contributed by atoms with van der Waals surface area (Å²) in [6, 6.07) is 17.0. The minimum Gasteiger partial charge on any atom is -0.496 e. The van der Waals surface area contributed by atoms with Crippen LogP contribution in [0.5, 0.6) is 11.5 Å². The predicted molar refractivity (Wildman–Crippen MR) is 118 cm³/mol. The van der Waals surface area contributed by atoms with Crippen molar-refractivity contribution < 1.29 is 13.9 Å². The van der Waals surface area contributed by atoms with Crippen LogP contribution in [0.1, 0.15) is 17.0 Å². The second-order valence-electron chi connectivity index (χ2n) is 7.56. The molecule has 0 aliphatic carbocycles. The number of rotatable bonds is 4. The van der Waals surface area contributed by atoms with Gasteiger partial charge in [-0.15, -0.1) is 0 Å². The minimum absolute atomic E-state index is 0.0760. The molecule has 156 valence electrons. The average molecular weight is 414 g/mol. The van der Waals surface area contributed by atoms with E-state index in [4.69, 9.17) is 13.9 Å². The van der Waals surface area contributed by atoms with Gasteiger partial charge in [-0.05, 0) is 37.3 Å². The maximum atomic E-state index is 13.5. The van der Waals surface area contributed by atoms with Gasteiger partial charge < -0.3 is 13.9 Å². The van der Waals surface area contributed by atoms with E-state index in [0.717, 1.165) is 22.6 Å². The summed E-state index contributed by atoms with van der Waals surface area (Å²) in [6.45, 7) is 3.54. The van der Waals surface area contributed by atoms with Crippen LogP contribution in [-0.2, 0) is 13.1 Å². The number of methoxy groups -OCH3 is 1. The van der Waals surface area contributed by atoms with E-state index in [0.29, 0.717) is 47.9 Å². The molecule has 2 aromatic heterocycles. The monoisotopic (exact) mass is 414 g/mol. The van der Waals surface area contributed by atoms with Gasteiger partial charge in [-0.3, -0.25) is 14.7 Å². The minimum atomic E-state index is -0.0760. The number of hydrogen-bond donors (Lipinski definition) is 0. The number of para-hydroxylation sites is 1. The molecule has 0 bridgehead atoms. The van der Waals surface area contributed by atoms with E-state index in [-0.39, 0.29) is 5.43 Å². The fourth-order valence-electron chi connectivity index (χ4n) is 4.10. The Hall–Kier alpha value is -3.64. The molecule has 0 saturated carbocycles. The van der Waals surface area contributed by atoms with Gasteiger partial charge in [0.15, 0.2) is 0 Å². The standard InChI is InChI=1S/C25H22N2O4/c1-16-23(18-8-3-4-9-21(18)29-2)24(28)19-10-11-22-20(25(19)31-16)14-27(15-30-22)13-17-7-5-6-12-26-17/h3-12H,13-15H2,1-2H3. The Morgan fingerprint density at radius 3 is 2.74 bits per heavy atom. The molecule has 6 heteroatoms. The van der Waals surface area contributed by atoms with Gasteiger partial charge in [0.1, 0.15) is 29.6 Å². The Bertz CT molecular complexity index is 1310. The van der Waals surface area contributed by atoms with Gasteiger partial charge >= 0.3 is 0 Å². The summed E-state index contributed by atoms with van der Waals surface area (Å²) in [6.07, 6.45) is 1.78. The Balaban J connectivity index is 1.60. The second kappa shape index (κ2) is 7.89. The lowest BCUT2D eigenvalue weighted by atomic mass is 9.99. The second-order valence-corrected chi connectivity index (χ2v) is 7.56. The van der Waals surface area contributed by atoms with E-state index >= 15 is 0 Å². The molecule has 5 rings (SSSR count). The fourth-order valence-corrected chi connectivity index (χ4v) is 4.10. The highest BCUT2D eigenvalue weighted by Crippen LogP contribution is 2.36. The van der Waals surface area contributed by atoms with Crippen molar-refractivity contribution in [3.05, 3.63) is 88.0 Å². The van der Waals surface area contributed by atoms with Crippen LogP contribution in [0.3, 0.4) is 0 Å². The van der Waals surface area contributed by atoms with Crippen molar-refractivity contribution in [3.63, 3.8) is 0 Å². The zero-order chi connectivity index (χ0) is 21.4. The Kier molecular flexibility index (Phi) is 4.92. The number of pyridine rings is 1. The molecule has 0 amide bonds. The summed E-state index contributed by atoms with van der Waals surface area (Å²) in [5, 5.41) is 0.536. The van der Waals surface area contributed by atoms with Crippen LogP contribution in [0.4, 0.5) is 0 Å². The quantitative estimate of drug-likeness (QED) is 0.489. The van der Waals surface area contributed by atoms with Gasteiger partial charge in [-0.1, -0.05) is 24.3 Å². The summed E-state index contributed by atoms with van der Waals surface area (Å²) in [4.78, 5) is 20.0. The van der Waals surface area contributed by atoms with Gasteiger partial charge in [0.25, 0.3) is 0 Å². The zero-order valence-corrected chi connectivity index (χ0v) is 17.4. The fraction of sp³-hybridized carbons (Fsp3) is 0.200. The number of aryl methyl sites for hydroxylation is 1. The van der Waals surface area contributed by atoms with E-state index in [9.17, 15) is 4.79 Å². The van der Waals surface area contributed by atoms with Crippen LogP contribution in [0.15, 0.2) is 70.0 Å². The third-order valence-corrected chi connectivity index (χ3v) is 5.57. The van der Waals surface area contributed by atoms with Gasteiger partial charge in [0, 0.05) is 24.8 Å². The SMILES string of the molecule is COc1ccccc1-c1c(C)oc2c3c(ccc2c1=O)OCN(Cc1ccccn1)C3. The highest BCUT2D eigenvalue weighted by atomic mass is 16.5. The van der Waals surface area contributed by atoms with Crippen LogP contribution < -0.4 is 14.9 Å². The zero-order valence-electron chi connectivity index (χ0n) is 17.4. The van der Waals surface area contributed by atoms with Crippen LogP contribution in [0.2, 0.25) is 0 Å². The van der Waals surface area contributed by atoms with Gasteiger partial charge in [-0.25, -0.2) is 0 Å². The van der Waals surface area contributed by atoms with Crippen molar-refractivity contribution in [2.24, 2.45) is 0 Å². The molecule has 0 radical (unpaired) electrons. The molecule has 0 fully saturated rings. The first-order valence-corrected chi connectivity index (χ1v) is 10.1. The Morgan fingerprint density at radius 2 is 1.94 bits per heavy atom. The molecule has 4 aromatic rings. The molecule has 0 N–H and O–H groups in total. The first-order chi connectivity index (χ1) is 15.2. The van der Waals surface area contributed by atoms with Crippen molar-refractivity contribution in [1.82, 2.24) is 9.88 Å². The molecule has 2 aromatic carbocycles. The van der Waals surface area contributed by atoms with Crippen LogP contribution in [0.25, 0.3) is 22.1 Å². The highest BCUT2D eigenvalue weighted by Gasteiger charge is 2.24. The first kappa shape index (κ1) is 19.3. The number of hydrogen-bond acceptors (Lipinski definition) is 6. The molecule has 0 atom stereocenters. The molecule has 1 aliphatic rings. The number of aromatic nitrogens is 1. The molecule has 3 heterocycles. The molecule has 0 spiro atoms. The van der Waals surface area contributed by atoms with Crippen LogP contribution in [0, 0.1) is 6.92 Å². The Morgan fingerprint density at radius 1 is 1.10 bits per heavy atom. The summed E-state index contributed by atoms with van der Waals surface area (Å²) in [5.74, 6) is 1.94. The topological polar surface area (TPSA) is 64.8 Å². The lowest BCUT2D eigenvalue weighted by molar-refractivity contribution is 0.0878. The number of ether oxygens (including phenoxy) is 2. The number of nitrogens with zero attached hydrogens (tertiary/aromatic N) is 2. The summed E-state index contributed by atoms with van der Waals surface area (Å²) in [5.41, 5.74) is 3.59. The van der Waals surface area contributed by atoms with Gasteiger partial charge in [0.2, 0.25) is 5.43 Å². The molecular weight excluding hydrogens is 392 g/mol. The van der Waals surface area contributed by atoms with Gasteiger partial charge in [0.05, 0.1) is 29.3 Å². The van der Waals surface area contributed by atoms with E-state index in [1.54, 1.807) is 19.4 Å². The predicted octanol–water partition coefficient (Wildman–Crippen LogP) is 4.52. The molecule has 31 heavy (non-hydrogen) atoms. The maximum Gasteiger partial charge on any atom is 0.200 e.